The molecular formula is C27H60NSi+. The molecule has 0 heterocycles. The second-order valence-corrected chi connectivity index (χ2v) is 17.0. The summed E-state index contributed by atoms with van der Waals surface area (Å²) < 4.78 is 1.36. The summed E-state index contributed by atoms with van der Waals surface area (Å²) in [4.78, 5) is 0. The Morgan fingerprint density at radius 2 is 0.759 bits per heavy atom. The average Bonchev–Trinajstić information content (AvgIpc) is 2.65. The molecular weight excluding hydrogens is 366 g/mol. The van der Waals surface area contributed by atoms with Gasteiger partial charge in [-0.1, -0.05) is 117 Å². The fourth-order valence-electron chi connectivity index (χ4n) is 4.58. The van der Waals surface area contributed by atoms with Crippen LogP contribution in [0.15, 0.2) is 0 Å². The first-order valence-electron chi connectivity index (χ1n) is 13.7. The lowest BCUT2D eigenvalue weighted by molar-refractivity contribution is -0.910. The lowest BCUT2D eigenvalue weighted by Crippen LogP contribution is -2.46. The van der Waals surface area contributed by atoms with E-state index in [1.54, 1.807) is 0 Å². The van der Waals surface area contributed by atoms with Gasteiger partial charge < -0.3 is 4.48 Å². The molecule has 0 aliphatic rings. The van der Waals surface area contributed by atoms with E-state index in [9.17, 15) is 0 Å². The van der Waals surface area contributed by atoms with Crippen LogP contribution >= 0.6 is 0 Å². The monoisotopic (exact) mass is 426 g/mol. The highest BCUT2D eigenvalue weighted by Crippen LogP contribution is 2.18. The highest BCUT2D eigenvalue weighted by atomic mass is 28.3. The van der Waals surface area contributed by atoms with E-state index < -0.39 is 8.07 Å². The highest BCUT2D eigenvalue weighted by molar-refractivity contribution is 6.76. The van der Waals surface area contributed by atoms with Gasteiger partial charge >= 0.3 is 0 Å². The van der Waals surface area contributed by atoms with Crippen LogP contribution in [-0.2, 0) is 0 Å². The van der Waals surface area contributed by atoms with Crippen LogP contribution in [0.5, 0.6) is 0 Å². The van der Waals surface area contributed by atoms with Gasteiger partial charge in [0.05, 0.1) is 26.7 Å². The van der Waals surface area contributed by atoms with Gasteiger partial charge in [0.1, 0.15) is 0 Å². The van der Waals surface area contributed by atoms with Crippen LogP contribution in [0.25, 0.3) is 0 Å². The summed E-state index contributed by atoms with van der Waals surface area (Å²) >= 11 is 0. The molecule has 176 valence electrons. The van der Waals surface area contributed by atoms with E-state index in [2.05, 4.69) is 40.5 Å². The zero-order valence-corrected chi connectivity index (χ0v) is 22.8. The Balaban J connectivity index is 4.08. The van der Waals surface area contributed by atoms with Gasteiger partial charge in [0, 0.05) is 8.07 Å². The van der Waals surface area contributed by atoms with Crippen molar-refractivity contribution in [1.29, 1.82) is 0 Å². The van der Waals surface area contributed by atoms with E-state index in [1.165, 1.54) is 139 Å². The van der Waals surface area contributed by atoms with Gasteiger partial charge in [0.15, 0.2) is 0 Å². The molecule has 0 fully saturated rings. The number of hydrogen-bond acceptors (Lipinski definition) is 0. The Bertz CT molecular complexity index is 314. The third kappa shape index (κ3) is 21.2. The van der Waals surface area contributed by atoms with Crippen LogP contribution in [0.1, 0.15) is 123 Å². The van der Waals surface area contributed by atoms with Gasteiger partial charge in [0.25, 0.3) is 0 Å². The molecule has 2 heteroatoms. The Morgan fingerprint density at radius 3 is 1.10 bits per heavy atom. The third-order valence-corrected chi connectivity index (χ3v) is 8.58. The van der Waals surface area contributed by atoms with Gasteiger partial charge in [0.2, 0.25) is 0 Å². The smallest absolute Gasteiger partial charge is 0.0784 e. The van der Waals surface area contributed by atoms with Crippen LogP contribution in [0, 0.1) is 0 Å². The molecule has 0 radical (unpaired) electrons. The average molecular weight is 427 g/mol. The summed E-state index contributed by atoms with van der Waals surface area (Å²) in [6, 6.07) is 1.51. The van der Waals surface area contributed by atoms with Gasteiger partial charge in [-0.15, -0.1) is 0 Å². The Kier molecular flexibility index (Phi) is 19.0. The van der Waals surface area contributed by atoms with Crippen LogP contribution in [-0.4, -0.2) is 39.2 Å². The fourth-order valence-corrected chi connectivity index (χ4v) is 5.80. The molecule has 0 atom stereocenters. The summed E-state index contributed by atoms with van der Waals surface area (Å²) in [5.41, 5.74) is 0. The van der Waals surface area contributed by atoms with Crippen molar-refractivity contribution in [3.63, 3.8) is 0 Å². The molecule has 0 saturated carbocycles. The molecule has 0 unspecified atom stereocenters. The van der Waals surface area contributed by atoms with E-state index >= 15 is 0 Å². The Morgan fingerprint density at radius 1 is 0.448 bits per heavy atom. The third-order valence-electron chi connectivity index (χ3n) is 6.73. The minimum absolute atomic E-state index is 0.887. The topological polar surface area (TPSA) is 0 Å². The Labute approximate surface area is 188 Å². The fraction of sp³-hybridized carbons (Fsp3) is 1.00. The summed E-state index contributed by atoms with van der Waals surface area (Å²) in [7, 11) is 1.69. The minimum Gasteiger partial charge on any atom is -0.326 e. The first-order chi connectivity index (χ1) is 13.8. The standard InChI is InChI=1S/C27H60NSi/c1-7-9-11-13-15-17-19-21-24-28(3,26-23-27-29(4,5)6)25-22-20-18-16-14-12-10-8-2/h7-27H2,1-6H3/q+1. The normalized spacial score (nSPS) is 12.6. The van der Waals surface area contributed by atoms with Gasteiger partial charge in [-0.25, -0.2) is 0 Å². The maximum Gasteiger partial charge on any atom is 0.0784 e. The number of quaternary nitrogens is 1. The Hall–Kier alpha value is 0.177. The first kappa shape index (κ1) is 29.2. The molecule has 0 amide bonds. The molecule has 1 nitrogen and oxygen atoms in total. The largest absolute Gasteiger partial charge is 0.326 e. The quantitative estimate of drug-likeness (QED) is 0.0918. The van der Waals surface area contributed by atoms with Crippen LogP contribution in [0.4, 0.5) is 0 Å². The lowest BCUT2D eigenvalue weighted by atomic mass is 10.1. The van der Waals surface area contributed by atoms with Gasteiger partial charge in [-0.05, 0) is 32.1 Å². The summed E-state index contributed by atoms with van der Waals surface area (Å²) in [5, 5.41) is 0. The molecule has 0 saturated heterocycles. The maximum atomic E-state index is 2.58. The SMILES string of the molecule is CCCCCCCCCC[N+](C)(CCCCCCCCCC)CCC[Si](C)(C)C. The highest BCUT2D eigenvalue weighted by Gasteiger charge is 2.22. The molecule has 0 aliphatic heterocycles. The van der Waals surface area contributed by atoms with Crippen molar-refractivity contribution in [2.45, 2.75) is 149 Å². The molecule has 29 heavy (non-hydrogen) atoms. The number of rotatable bonds is 22. The first-order valence-corrected chi connectivity index (χ1v) is 17.4. The summed E-state index contributed by atoms with van der Waals surface area (Å²) in [6.07, 6.45) is 24.6. The second-order valence-electron chi connectivity index (χ2n) is 11.4. The van der Waals surface area contributed by atoms with Crippen LogP contribution in [0.3, 0.4) is 0 Å². The van der Waals surface area contributed by atoms with Crippen molar-refractivity contribution >= 4 is 8.07 Å². The van der Waals surface area contributed by atoms with E-state index in [-0.39, 0.29) is 0 Å². The molecule has 0 aromatic heterocycles. The number of hydrogen-bond donors (Lipinski definition) is 0. The second kappa shape index (κ2) is 18.9. The van der Waals surface area contributed by atoms with Gasteiger partial charge in [-0.3, -0.25) is 0 Å². The lowest BCUT2D eigenvalue weighted by Gasteiger charge is -2.36. The van der Waals surface area contributed by atoms with Crippen molar-refractivity contribution < 1.29 is 4.48 Å². The molecule has 0 spiro atoms. The molecule has 0 rings (SSSR count). The van der Waals surface area contributed by atoms with Crippen molar-refractivity contribution in [2.75, 3.05) is 26.7 Å². The molecule has 0 aromatic carbocycles. The van der Waals surface area contributed by atoms with E-state index in [0.717, 1.165) is 0 Å². The van der Waals surface area contributed by atoms with Crippen molar-refractivity contribution in [3.05, 3.63) is 0 Å². The molecule has 0 N–H and O–H groups in total. The van der Waals surface area contributed by atoms with E-state index in [1.807, 2.05) is 0 Å². The van der Waals surface area contributed by atoms with Crippen molar-refractivity contribution in [2.24, 2.45) is 0 Å². The summed E-state index contributed by atoms with van der Waals surface area (Å²) in [6.45, 7) is 16.5. The van der Waals surface area contributed by atoms with Crippen LogP contribution in [0.2, 0.25) is 25.7 Å². The van der Waals surface area contributed by atoms with Crippen LogP contribution < -0.4 is 0 Å². The maximum absolute atomic E-state index is 2.58. The minimum atomic E-state index is -0.887. The number of unbranched alkanes of at least 4 members (excludes halogenated alkanes) is 14. The summed E-state index contributed by atoms with van der Waals surface area (Å²) in [5.74, 6) is 0. The predicted molar refractivity (Wildman–Crippen MR) is 139 cm³/mol. The van der Waals surface area contributed by atoms with Crippen molar-refractivity contribution in [3.8, 4) is 0 Å². The molecule has 0 aliphatic carbocycles. The number of nitrogens with zero attached hydrogens (tertiary/aromatic N) is 1. The zero-order valence-electron chi connectivity index (χ0n) is 21.8. The molecule has 0 bridgehead atoms. The van der Waals surface area contributed by atoms with E-state index in [4.69, 9.17) is 0 Å². The molecule has 0 aromatic rings. The predicted octanol–water partition coefficient (Wildman–Crippen LogP) is 9.44. The zero-order chi connectivity index (χ0) is 21.8. The van der Waals surface area contributed by atoms with E-state index in [0.29, 0.717) is 0 Å². The van der Waals surface area contributed by atoms with Crippen molar-refractivity contribution in [1.82, 2.24) is 0 Å². The van der Waals surface area contributed by atoms with Gasteiger partial charge in [-0.2, -0.15) is 0 Å².